The van der Waals surface area contributed by atoms with Crippen LogP contribution in [0.15, 0.2) is 58.4 Å². The summed E-state index contributed by atoms with van der Waals surface area (Å²) in [5.74, 6) is 0.956. The normalized spacial score (nSPS) is 17.6. The number of hydrogen-bond donors (Lipinski definition) is 2. The summed E-state index contributed by atoms with van der Waals surface area (Å²) in [6, 6.07) is 16.0. The van der Waals surface area contributed by atoms with Gasteiger partial charge in [-0.3, -0.25) is 14.2 Å². The van der Waals surface area contributed by atoms with Crippen molar-refractivity contribution in [3.05, 3.63) is 75.6 Å². The fraction of sp³-hybridized carbons (Fsp3) is 0.333. The predicted molar refractivity (Wildman–Crippen MR) is 126 cm³/mol. The maximum Gasteiger partial charge on any atom is 0.252 e. The van der Waals surface area contributed by atoms with Crippen molar-refractivity contribution in [2.75, 3.05) is 18.8 Å². The molecule has 160 valence electrons. The van der Waals surface area contributed by atoms with Gasteiger partial charge in [-0.05, 0) is 64.4 Å². The maximum atomic E-state index is 13.2. The summed E-state index contributed by atoms with van der Waals surface area (Å²) in [4.78, 5) is 28.4. The van der Waals surface area contributed by atoms with Gasteiger partial charge < -0.3 is 5.32 Å². The molecule has 5 nitrogen and oxygen atoms in total. The lowest BCUT2D eigenvalue weighted by atomic mass is 9.95. The molecule has 2 aliphatic rings. The molecule has 1 atom stereocenters. The molecule has 7 heteroatoms. The Balaban J connectivity index is 1.53. The van der Waals surface area contributed by atoms with Crippen molar-refractivity contribution in [2.45, 2.75) is 36.2 Å². The Morgan fingerprint density at radius 3 is 2.71 bits per heavy atom. The van der Waals surface area contributed by atoms with Crippen molar-refractivity contribution in [1.29, 1.82) is 0 Å². The Bertz CT molecular complexity index is 1200. The van der Waals surface area contributed by atoms with Gasteiger partial charge >= 0.3 is 0 Å². The highest BCUT2D eigenvalue weighted by molar-refractivity contribution is 7.99. The van der Waals surface area contributed by atoms with Gasteiger partial charge in [0.05, 0.1) is 5.03 Å². The van der Waals surface area contributed by atoms with Crippen LogP contribution < -0.4 is 15.7 Å². The molecule has 0 bridgehead atoms. The minimum atomic E-state index is -0.466. The Morgan fingerprint density at radius 1 is 1.10 bits per heavy atom. The van der Waals surface area contributed by atoms with E-state index < -0.39 is 6.04 Å². The third-order valence-electron chi connectivity index (χ3n) is 6.09. The Labute approximate surface area is 190 Å². The average molecular weight is 454 g/mol. The number of thioether (sulfide) groups is 1. The highest BCUT2D eigenvalue weighted by Gasteiger charge is 2.37. The van der Waals surface area contributed by atoms with Crippen LogP contribution in [0.1, 0.15) is 41.5 Å². The molecule has 0 saturated heterocycles. The van der Waals surface area contributed by atoms with E-state index in [-0.39, 0.29) is 11.5 Å². The third kappa shape index (κ3) is 4.00. The van der Waals surface area contributed by atoms with Gasteiger partial charge in [0.15, 0.2) is 0 Å². The van der Waals surface area contributed by atoms with Gasteiger partial charge in [-0.25, -0.2) is 4.84 Å². The van der Waals surface area contributed by atoms with E-state index in [0.717, 1.165) is 29.9 Å². The number of carbonyl (C=O) groups excluding carboxylic acids is 1. The standard InChI is InChI=1S/C24H24ClN3O2S/c25-27-11-10-26-23(30)20-14-31-24-22(16-8-9-16)18(13-21(29)28(20)24)12-17-6-3-5-15-4-1-2-7-19(15)17/h1-7,13,16,20,27H,8-12,14H2,(H,26,30)/t20-/m0/s1. The van der Waals surface area contributed by atoms with E-state index in [2.05, 4.69) is 52.6 Å². The molecule has 2 aromatic carbocycles. The first-order valence-corrected chi connectivity index (χ1v) is 12.0. The highest BCUT2D eigenvalue weighted by atomic mass is 35.5. The fourth-order valence-corrected chi connectivity index (χ4v) is 6.01. The number of hydrogen-bond acceptors (Lipinski definition) is 4. The second-order valence-electron chi connectivity index (χ2n) is 8.19. The number of nitrogens with one attached hydrogen (secondary N) is 2. The van der Waals surface area contributed by atoms with Gasteiger partial charge in [-0.2, -0.15) is 0 Å². The zero-order valence-electron chi connectivity index (χ0n) is 17.1. The summed E-state index contributed by atoms with van der Waals surface area (Å²) in [6.07, 6.45) is 3.02. The van der Waals surface area contributed by atoms with Crippen LogP contribution >= 0.6 is 23.5 Å². The largest absolute Gasteiger partial charge is 0.353 e. The molecule has 3 aromatic rings. The van der Waals surface area contributed by atoms with Gasteiger partial charge in [-0.1, -0.05) is 42.5 Å². The number of halogens is 1. The molecule has 0 spiro atoms. The van der Waals surface area contributed by atoms with E-state index in [0.29, 0.717) is 24.8 Å². The molecule has 1 aliphatic heterocycles. The summed E-state index contributed by atoms with van der Waals surface area (Å²) in [7, 11) is 0. The first-order chi connectivity index (χ1) is 15.2. The van der Waals surface area contributed by atoms with Gasteiger partial charge in [0.1, 0.15) is 6.04 Å². The molecule has 31 heavy (non-hydrogen) atoms. The summed E-state index contributed by atoms with van der Waals surface area (Å²) in [5, 5.41) is 6.30. The molecule has 5 rings (SSSR count). The topological polar surface area (TPSA) is 63.1 Å². The summed E-state index contributed by atoms with van der Waals surface area (Å²) >= 11 is 7.11. The molecule has 0 radical (unpaired) electrons. The number of benzene rings is 2. The smallest absolute Gasteiger partial charge is 0.252 e. The van der Waals surface area contributed by atoms with Crippen molar-refractivity contribution >= 4 is 40.2 Å². The summed E-state index contributed by atoms with van der Waals surface area (Å²) in [5.41, 5.74) is 3.52. The lowest BCUT2D eigenvalue weighted by Gasteiger charge is -2.18. The molecule has 1 aliphatic carbocycles. The van der Waals surface area contributed by atoms with Crippen LogP contribution in [0.4, 0.5) is 0 Å². The van der Waals surface area contributed by atoms with Gasteiger partial charge in [0.2, 0.25) is 5.91 Å². The maximum absolute atomic E-state index is 13.2. The van der Waals surface area contributed by atoms with E-state index in [1.54, 1.807) is 22.4 Å². The van der Waals surface area contributed by atoms with Crippen LogP contribution in [0, 0.1) is 0 Å². The van der Waals surface area contributed by atoms with Crippen LogP contribution in [0.3, 0.4) is 0 Å². The average Bonchev–Trinajstić information content (AvgIpc) is 3.51. The molecular formula is C24H24ClN3O2S. The van der Waals surface area contributed by atoms with E-state index in [9.17, 15) is 9.59 Å². The van der Waals surface area contributed by atoms with Crippen molar-refractivity contribution in [2.24, 2.45) is 0 Å². The molecule has 2 N–H and O–H groups in total. The van der Waals surface area contributed by atoms with Crippen molar-refractivity contribution in [3.63, 3.8) is 0 Å². The minimum absolute atomic E-state index is 0.0877. The lowest BCUT2D eigenvalue weighted by molar-refractivity contribution is -0.123. The van der Waals surface area contributed by atoms with E-state index in [4.69, 9.17) is 11.8 Å². The van der Waals surface area contributed by atoms with Gasteiger partial charge in [0, 0.05) is 24.9 Å². The Hall–Kier alpha value is -2.28. The second kappa shape index (κ2) is 8.69. The van der Waals surface area contributed by atoms with Crippen molar-refractivity contribution in [3.8, 4) is 0 Å². The van der Waals surface area contributed by atoms with E-state index in [1.165, 1.54) is 21.9 Å². The molecule has 2 heterocycles. The first kappa shape index (κ1) is 20.6. The Kier molecular flexibility index (Phi) is 5.78. The van der Waals surface area contributed by atoms with E-state index in [1.807, 2.05) is 0 Å². The van der Waals surface area contributed by atoms with Gasteiger partial charge in [0.25, 0.3) is 5.56 Å². The second-order valence-corrected chi connectivity index (χ2v) is 9.46. The molecule has 1 fully saturated rings. The van der Waals surface area contributed by atoms with Crippen molar-refractivity contribution in [1.82, 2.24) is 14.7 Å². The van der Waals surface area contributed by atoms with Gasteiger partial charge in [-0.15, -0.1) is 11.8 Å². The van der Waals surface area contributed by atoms with Crippen LogP contribution in [0.5, 0.6) is 0 Å². The predicted octanol–water partition coefficient (Wildman–Crippen LogP) is 3.98. The molecule has 1 aromatic heterocycles. The highest BCUT2D eigenvalue weighted by Crippen LogP contribution is 2.48. The van der Waals surface area contributed by atoms with Crippen LogP contribution in [-0.2, 0) is 11.2 Å². The molecule has 1 amide bonds. The fourth-order valence-electron chi connectivity index (χ4n) is 4.49. The minimum Gasteiger partial charge on any atom is -0.353 e. The number of pyridine rings is 1. The van der Waals surface area contributed by atoms with Crippen LogP contribution in [0.25, 0.3) is 10.8 Å². The quantitative estimate of drug-likeness (QED) is 0.419. The number of nitrogens with zero attached hydrogens (tertiary/aromatic N) is 1. The molecule has 0 unspecified atom stereocenters. The molecule has 1 saturated carbocycles. The monoisotopic (exact) mass is 453 g/mol. The van der Waals surface area contributed by atoms with Crippen LogP contribution in [-0.4, -0.2) is 29.3 Å². The SMILES string of the molecule is O=C(NCCNCl)[C@@H]1CSc2c(C3CC3)c(Cc3cccc4ccccc34)cc(=O)n21. The number of fused-ring (bicyclic) bond motifs is 2. The van der Waals surface area contributed by atoms with Crippen molar-refractivity contribution < 1.29 is 4.79 Å². The lowest BCUT2D eigenvalue weighted by Crippen LogP contribution is -2.39. The third-order valence-corrected chi connectivity index (χ3v) is 7.45. The van der Waals surface area contributed by atoms with E-state index >= 15 is 0 Å². The first-order valence-electron chi connectivity index (χ1n) is 10.7. The summed E-state index contributed by atoms with van der Waals surface area (Å²) in [6.45, 7) is 0.911. The number of aromatic nitrogens is 1. The Morgan fingerprint density at radius 2 is 1.90 bits per heavy atom. The summed E-state index contributed by atoms with van der Waals surface area (Å²) < 4.78 is 1.72. The number of rotatable bonds is 7. The zero-order chi connectivity index (χ0) is 21.4. The zero-order valence-corrected chi connectivity index (χ0v) is 18.6. The number of amides is 1. The van der Waals surface area contributed by atoms with Crippen LogP contribution in [0.2, 0.25) is 0 Å². The number of carbonyl (C=O) groups is 1. The molecular weight excluding hydrogens is 430 g/mol.